The lowest BCUT2D eigenvalue weighted by Gasteiger charge is -2.19. The maximum absolute atomic E-state index is 4.56. The van der Waals surface area contributed by atoms with Crippen LogP contribution in [0.25, 0.3) is 5.52 Å². The molecule has 2 aromatic heterocycles. The molecule has 0 saturated carbocycles. The van der Waals surface area contributed by atoms with Crippen molar-refractivity contribution in [2.75, 3.05) is 0 Å². The molecule has 0 N–H and O–H groups in total. The van der Waals surface area contributed by atoms with E-state index in [0.717, 1.165) is 5.69 Å². The summed E-state index contributed by atoms with van der Waals surface area (Å²) in [5.41, 5.74) is 5.21. The smallest absolute Gasteiger partial charge is 0.0730 e. The number of nitrogens with zero attached hydrogens (tertiary/aromatic N) is 2. The van der Waals surface area contributed by atoms with Gasteiger partial charge >= 0.3 is 0 Å². The summed E-state index contributed by atoms with van der Waals surface area (Å²) in [6, 6.07) is 4.19. The van der Waals surface area contributed by atoms with Gasteiger partial charge < -0.3 is 0 Å². The fourth-order valence-electron chi connectivity index (χ4n) is 2.28. The quantitative estimate of drug-likeness (QED) is 0.641. The molecule has 2 heterocycles. The van der Waals surface area contributed by atoms with Gasteiger partial charge in [-0.05, 0) is 30.9 Å². The average Bonchev–Trinajstić information content (AvgIpc) is 2.41. The number of aromatic nitrogens is 2. The van der Waals surface area contributed by atoms with E-state index in [4.69, 9.17) is 0 Å². The van der Waals surface area contributed by atoms with Crippen molar-refractivity contribution < 1.29 is 0 Å². The van der Waals surface area contributed by atoms with Gasteiger partial charge in [0.15, 0.2) is 0 Å². The SMILES string of the molecule is Cc1nn2cccc(C)c2c1C(C)(C)C. The van der Waals surface area contributed by atoms with Crippen LogP contribution in [0.1, 0.15) is 37.6 Å². The molecule has 0 saturated heterocycles. The first-order chi connectivity index (χ1) is 6.91. The number of hydrogen-bond donors (Lipinski definition) is 0. The second-order valence-corrected chi connectivity index (χ2v) is 5.19. The monoisotopic (exact) mass is 202 g/mol. The summed E-state index contributed by atoms with van der Waals surface area (Å²) in [4.78, 5) is 0. The third-order valence-electron chi connectivity index (χ3n) is 2.78. The predicted molar refractivity (Wildman–Crippen MR) is 63.4 cm³/mol. The molecule has 0 aliphatic carbocycles. The van der Waals surface area contributed by atoms with Gasteiger partial charge in [0.2, 0.25) is 0 Å². The van der Waals surface area contributed by atoms with Gasteiger partial charge in [0.1, 0.15) is 0 Å². The molecule has 2 nitrogen and oxygen atoms in total. The molecule has 2 heteroatoms. The summed E-state index contributed by atoms with van der Waals surface area (Å²) in [6.45, 7) is 11.0. The van der Waals surface area contributed by atoms with E-state index in [9.17, 15) is 0 Å². The van der Waals surface area contributed by atoms with Gasteiger partial charge in [-0.15, -0.1) is 0 Å². The molecule has 0 fully saturated rings. The second-order valence-electron chi connectivity index (χ2n) is 5.19. The van der Waals surface area contributed by atoms with E-state index in [0.29, 0.717) is 0 Å². The average molecular weight is 202 g/mol. The summed E-state index contributed by atoms with van der Waals surface area (Å²) in [5.74, 6) is 0. The van der Waals surface area contributed by atoms with Crippen LogP contribution < -0.4 is 0 Å². The van der Waals surface area contributed by atoms with E-state index in [2.05, 4.69) is 45.8 Å². The molecule has 0 bridgehead atoms. The lowest BCUT2D eigenvalue weighted by molar-refractivity contribution is 0.591. The fraction of sp³-hybridized carbons (Fsp3) is 0.462. The Morgan fingerprint density at radius 3 is 2.47 bits per heavy atom. The van der Waals surface area contributed by atoms with Crippen LogP contribution in [0.2, 0.25) is 0 Å². The van der Waals surface area contributed by atoms with Crippen LogP contribution in [0, 0.1) is 13.8 Å². The highest BCUT2D eigenvalue weighted by molar-refractivity contribution is 5.64. The van der Waals surface area contributed by atoms with Crippen LogP contribution >= 0.6 is 0 Å². The minimum Gasteiger partial charge on any atom is -0.240 e. The summed E-state index contributed by atoms with van der Waals surface area (Å²) in [6.07, 6.45) is 2.02. The van der Waals surface area contributed by atoms with Crippen LogP contribution in [0.15, 0.2) is 18.3 Å². The van der Waals surface area contributed by atoms with Gasteiger partial charge in [0, 0.05) is 11.8 Å². The maximum atomic E-state index is 4.56. The molecule has 0 aromatic carbocycles. The minimum absolute atomic E-state index is 0.151. The Morgan fingerprint density at radius 2 is 1.87 bits per heavy atom. The third-order valence-corrected chi connectivity index (χ3v) is 2.78. The molecule has 15 heavy (non-hydrogen) atoms. The van der Waals surface area contributed by atoms with Gasteiger partial charge in [-0.1, -0.05) is 26.8 Å². The number of hydrogen-bond acceptors (Lipinski definition) is 1. The van der Waals surface area contributed by atoms with Crippen LogP contribution in [-0.2, 0) is 5.41 Å². The lowest BCUT2D eigenvalue weighted by atomic mass is 9.85. The molecule has 0 radical (unpaired) electrons. The molecule has 2 aromatic rings. The van der Waals surface area contributed by atoms with Gasteiger partial charge in [0.25, 0.3) is 0 Å². The lowest BCUT2D eigenvalue weighted by Crippen LogP contribution is -2.12. The first-order valence-corrected chi connectivity index (χ1v) is 5.36. The van der Waals surface area contributed by atoms with Crippen LogP contribution in [0.3, 0.4) is 0 Å². The summed E-state index contributed by atoms with van der Waals surface area (Å²) < 4.78 is 1.99. The van der Waals surface area contributed by atoms with Crippen molar-refractivity contribution in [1.82, 2.24) is 9.61 Å². The van der Waals surface area contributed by atoms with E-state index in [-0.39, 0.29) is 5.41 Å². The predicted octanol–water partition coefficient (Wildman–Crippen LogP) is 3.25. The highest BCUT2D eigenvalue weighted by atomic mass is 15.2. The van der Waals surface area contributed by atoms with Crippen molar-refractivity contribution in [1.29, 1.82) is 0 Å². The van der Waals surface area contributed by atoms with Crippen molar-refractivity contribution in [3.8, 4) is 0 Å². The summed E-state index contributed by atoms with van der Waals surface area (Å²) in [5, 5.41) is 4.56. The molecule has 0 unspecified atom stereocenters. The number of rotatable bonds is 0. The van der Waals surface area contributed by atoms with Gasteiger partial charge in [0.05, 0.1) is 11.2 Å². The first kappa shape index (κ1) is 10.2. The Bertz CT molecular complexity index is 501. The van der Waals surface area contributed by atoms with Crippen molar-refractivity contribution >= 4 is 5.52 Å². The number of fused-ring (bicyclic) bond motifs is 1. The highest BCUT2D eigenvalue weighted by Crippen LogP contribution is 2.30. The molecule has 0 aliphatic rings. The maximum Gasteiger partial charge on any atom is 0.0730 e. The van der Waals surface area contributed by atoms with Crippen molar-refractivity contribution in [3.63, 3.8) is 0 Å². The number of pyridine rings is 1. The van der Waals surface area contributed by atoms with E-state index in [1.807, 2.05) is 16.8 Å². The topological polar surface area (TPSA) is 17.3 Å². The molecule has 80 valence electrons. The molecule has 0 aliphatic heterocycles. The Balaban J connectivity index is 2.89. The van der Waals surface area contributed by atoms with Crippen LogP contribution in [0.4, 0.5) is 0 Å². The molecular formula is C13H18N2. The fourth-order valence-corrected chi connectivity index (χ4v) is 2.28. The van der Waals surface area contributed by atoms with E-state index >= 15 is 0 Å². The zero-order valence-corrected chi connectivity index (χ0v) is 10.1. The van der Waals surface area contributed by atoms with Gasteiger partial charge in [-0.25, -0.2) is 4.52 Å². The Hall–Kier alpha value is -1.31. The van der Waals surface area contributed by atoms with E-state index in [1.165, 1.54) is 16.6 Å². The third kappa shape index (κ3) is 1.54. The Kier molecular flexibility index (Phi) is 2.10. The molecular weight excluding hydrogens is 184 g/mol. The van der Waals surface area contributed by atoms with Crippen LogP contribution in [0.5, 0.6) is 0 Å². The summed E-state index contributed by atoms with van der Waals surface area (Å²) >= 11 is 0. The molecule has 0 spiro atoms. The normalized spacial score (nSPS) is 12.3. The zero-order valence-electron chi connectivity index (χ0n) is 10.1. The van der Waals surface area contributed by atoms with Gasteiger partial charge in [-0.2, -0.15) is 5.10 Å². The second kappa shape index (κ2) is 3.09. The Labute approximate surface area is 90.9 Å². The molecule has 0 amide bonds. The van der Waals surface area contributed by atoms with E-state index in [1.54, 1.807) is 0 Å². The van der Waals surface area contributed by atoms with Crippen LogP contribution in [-0.4, -0.2) is 9.61 Å². The highest BCUT2D eigenvalue weighted by Gasteiger charge is 2.22. The van der Waals surface area contributed by atoms with Crippen molar-refractivity contribution in [2.45, 2.75) is 40.0 Å². The van der Waals surface area contributed by atoms with Gasteiger partial charge in [-0.3, -0.25) is 0 Å². The standard InChI is InChI=1S/C13H18N2/c1-9-7-6-8-15-12(9)11(10(2)14-15)13(3,4)5/h6-8H,1-5H3. The van der Waals surface area contributed by atoms with Crippen molar-refractivity contribution in [2.24, 2.45) is 0 Å². The molecule has 0 atom stereocenters. The van der Waals surface area contributed by atoms with E-state index < -0.39 is 0 Å². The number of aryl methyl sites for hydroxylation is 2. The Morgan fingerprint density at radius 1 is 1.20 bits per heavy atom. The minimum atomic E-state index is 0.151. The zero-order chi connectivity index (χ0) is 11.2. The largest absolute Gasteiger partial charge is 0.240 e. The summed E-state index contributed by atoms with van der Waals surface area (Å²) in [7, 11) is 0. The molecule has 2 rings (SSSR count). The first-order valence-electron chi connectivity index (χ1n) is 5.36. The van der Waals surface area contributed by atoms with Crippen molar-refractivity contribution in [3.05, 3.63) is 35.2 Å².